The maximum atomic E-state index is 13.0. The first kappa shape index (κ1) is 27.0. The van der Waals surface area contributed by atoms with Crippen LogP contribution in [0.15, 0.2) is 90.5 Å². The van der Waals surface area contributed by atoms with Gasteiger partial charge in [-0.05, 0) is 35.4 Å². The Kier molecular flexibility index (Phi) is 8.01. The van der Waals surface area contributed by atoms with Gasteiger partial charge in [-0.3, -0.25) is 14.9 Å². The van der Waals surface area contributed by atoms with Crippen molar-refractivity contribution in [3.63, 3.8) is 0 Å². The predicted molar refractivity (Wildman–Crippen MR) is 154 cm³/mol. The van der Waals surface area contributed by atoms with Crippen LogP contribution in [0.4, 0.5) is 5.69 Å². The molecule has 41 heavy (non-hydrogen) atoms. The van der Waals surface area contributed by atoms with E-state index >= 15 is 0 Å². The van der Waals surface area contributed by atoms with Gasteiger partial charge < -0.3 is 19.9 Å². The number of carbonyl (C=O) groups is 1. The summed E-state index contributed by atoms with van der Waals surface area (Å²) in [6.45, 7) is 2.08. The third-order valence-electron chi connectivity index (χ3n) is 7.00. The summed E-state index contributed by atoms with van der Waals surface area (Å²) in [4.78, 5) is 26.0. The van der Waals surface area contributed by atoms with Gasteiger partial charge in [0.15, 0.2) is 11.4 Å². The molecule has 3 aromatic carbocycles. The van der Waals surface area contributed by atoms with Crippen molar-refractivity contribution >= 4 is 34.4 Å². The molecule has 0 unspecified atom stereocenters. The van der Waals surface area contributed by atoms with Crippen molar-refractivity contribution in [2.24, 2.45) is 5.92 Å². The molecule has 3 N–H and O–H groups in total. The highest BCUT2D eigenvalue weighted by Crippen LogP contribution is 2.43. The van der Waals surface area contributed by atoms with Crippen molar-refractivity contribution in [1.29, 1.82) is 0 Å². The van der Waals surface area contributed by atoms with Gasteiger partial charge in [0.1, 0.15) is 12.0 Å². The number of nitrogens with one attached hydrogen (secondary N) is 2. The normalized spacial score (nSPS) is 20.6. The highest BCUT2D eigenvalue weighted by molar-refractivity contribution is 7.99. The molecule has 6 rings (SSSR count). The number of amides is 1. The van der Waals surface area contributed by atoms with Gasteiger partial charge in [-0.25, -0.2) is 9.97 Å². The van der Waals surface area contributed by atoms with Crippen LogP contribution in [0.3, 0.4) is 0 Å². The van der Waals surface area contributed by atoms with E-state index in [-0.39, 0.29) is 36.3 Å². The number of nitrogens with zero attached hydrogens (tertiary/aromatic N) is 4. The summed E-state index contributed by atoms with van der Waals surface area (Å²) in [5.41, 5.74) is 4.79. The molecule has 0 bridgehead atoms. The molecule has 4 atom stereocenters. The summed E-state index contributed by atoms with van der Waals surface area (Å²) in [6.07, 6.45) is 1.85. The molecule has 0 aliphatic carbocycles. The Balaban J connectivity index is 1.23. The average Bonchev–Trinajstić information content (AvgIpc) is 3.54. The number of benzene rings is 3. The number of para-hydroxylation sites is 2. The summed E-state index contributed by atoms with van der Waals surface area (Å²) >= 11 is 1.54. The summed E-state index contributed by atoms with van der Waals surface area (Å²) in [7, 11) is 0. The van der Waals surface area contributed by atoms with Crippen molar-refractivity contribution in [1.82, 2.24) is 25.1 Å². The molecule has 11 heteroatoms. The monoisotopic (exact) mass is 568 g/mol. The summed E-state index contributed by atoms with van der Waals surface area (Å²) < 4.78 is 13.0. The smallest absolute Gasteiger partial charge is 0.275 e. The largest absolute Gasteiger partial charge is 0.392 e. The zero-order chi connectivity index (χ0) is 28.2. The lowest BCUT2D eigenvalue weighted by Gasteiger charge is -2.41. The van der Waals surface area contributed by atoms with Gasteiger partial charge >= 0.3 is 0 Å². The van der Waals surface area contributed by atoms with Gasteiger partial charge in [0.05, 0.1) is 36.0 Å². The maximum absolute atomic E-state index is 13.0. The number of hydrogen-bond acceptors (Lipinski definition) is 9. The topological polar surface area (TPSA) is 135 Å². The molecule has 1 aliphatic rings. The maximum Gasteiger partial charge on any atom is 0.275 e. The van der Waals surface area contributed by atoms with Crippen LogP contribution in [-0.2, 0) is 16.1 Å². The third kappa shape index (κ3) is 6.13. The van der Waals surface area contributed by atoms with Gasteiger partial charge in [0.2, 0.25) is 0 Å². The second kappa shape index (κ2) is 12.1. The molecule has 3 heterocycles. The molecule has 1 fully saturated rings. The lowest BCUT2D eigenvalue weighted by molar-refractivity contribution is -0.268. The second-order valence-corrected chi connectivity index (χ2v) is 10.8. The number of thioether (sulfide) groups is 1. The van der Waals surface area contributed by atoms with Crippen molar-refractivity contribution in [3.8, 4) is 0 Å². The number of anilines is 1. The van der Waals surface area contributed by atoms with Crippen LogP contribution < -0.4 is 5.32 Å². The fourth-order valence-electron chi connectivity index (χ4n) is 4.76. The number of H-pyrrole nitrogens is 1. The zero-order valence-corrected chi connectivity index (χ0v) is 23.0. The number of hydrogen-bond donors (Lipinski definition) is 3. The number of aromatic nitrogens is 5. The predicted octanol–water partition coefficient (Wildman–Crippen LogP) is 5.08. The number of aromatic amines is 1. The van der Waals surface area contributed by atoms with E-state index in [1.807, 2.05) is 72.8 Å². The van der Waals surface area contributed by atoms with Crippen molar-refractivity contribution < 1.29 is 19.4 Å². The molecule has 0 saturated carbocycles. The SMILES string of the molecule is C[C@@H]1[C@H](CSc2ncn[nH]2)O[C@H](c2cccc(NC(=O)c3cnc4ccccc4n3)c2)O[C@@H]1c1ccc(CO)cc1. The fraction of sp³-hybridized carbons (Fsp3) is 0.233. The number of aliphatic hydroxyl groups is 1. The summed E-state index contributed by atoms with van der Waals surface area (Å²) in [5, 5.41) is 19.9. The molecule has 0 radical (unpaired) electrons. The van der Waals surface area contributed by atoms with E-state index in [0.29, 0.717) is 22.1 Å². The molecule has 10 nitrogen and oxygen atoms in total. The van der Waals surface area contributed by atoms with E-state index in [4.69, 9.17) is 9.47 Å². The van der Waals surface area contributed by atoms with E-state index in [9.17, 15) is 9.90 Å². The zero-order valence-electron chi connectivity index (χ0n) is 22.2. The fourth-order valence-corrected chi connectivity index (χ4v) is 5.70. The van der Waals surface area contributed by atoms with Crippen molar-refractivity contribution in [3.05, 3.63) is 108 Å². The molecule has 208 valence electrons. The van der Waals surface area contributed by atoms with E-state index in [1.165, 1.54) is 24.3 Å². The first-order chi connectivity index (χ1) is 20.1. The molecular weight excluding hydrogens is 540 g/mol. The third-order valence-corrected chi connectivity index (χ3v) is 7.96. The van der Waals surface area contributed by atoms with E-state index in [1.54, 1.807) is 0 Å². The molecule has 1 saturated heterocycles. The Morgan fingerprint density at radius 2 is 1.83 bits per heavy atom. The molecule has 5 aromatic rings. The van der Waals surface area contributed by atoms with E-state index in [0.717, 1.165) is 22.2 Å². The lowest BCUT2D eigenvalue weighted by atomic mass is 9.91. The number of aliphatic hydroxyl groups excluding tert-OH is 1. The molecule has 0 spiro atoms. The number of carbonyl (C=O) groups excluding carboxylic acids is 1. The first-order valence-electron chi connectivity index (χ1n) is 13.2. The van der Waals surface area contributed by atoms with Gasteiger partial charge in [-0.15, -0.1) is 0 Å². The quantitative estimate of drug-likeness (QED) is 0.219. The Bertz CT molecular complexity index is 1630. The number of rotatable bonds is 8. The second-order valence-electron chi connectivity index (χ2n) is 9.75. The van der Waals surface area contributed by atoms with Crippen LogP contribution >= 0.6 is 11.8 Å². The minimum Gasteiger partial charge on any atom is -0.392 e. The Morgan fingerprint density at radius 3 is 2.61 bits per heavy atom. The van der Waals surface area contributed by atoms with E-state index < -0.39 is 6.29 Å². The van der Waals surface area contributed by atoms with Gasteiger partial charge in [-0.1, -0.05) is 67.2 Å². The Hall–Kier alpha value is -4.16. The molecule has 1 aliphatic heterocycles. The van der Waals surface area contributed by atoms with Crippen molar-refractivity contribution in [2.75, 3.05) is 11.1 Å². The lowest BCUT2D eigenvalue weighted by Crippen LogP contribution is -2.38. The van der Waals surface area contributed by atoms with Crippen LogP contribution in [0.2, 0.25) is 0 Å². The van der Waals surface area contributed by atoms with Gasteiger partial charge in [0, 0.05) is 22.9 Å². The van der Waals surface area contributed by atoms with Crippen LogP contribution in [0.5, 0.6) is 0 Å². The number of ether oxygens (including phenoxy) is 2. The van der Waals surface area contributed by atoms with E-state index in [2.05, 4.69) is 37.4 Å². The van der Waals surface area contributed by atoms with Gasteiger partial charge in [-0.2, -0.15) is 5.10 Å². The van der Waals surface area contributed by atoms with Crippen LogP contribution in [0.1, 0.15) is 46.5 Å². The highest BCUT2D eigenvalue weighted by atomic mass is 32.2. The van der Waals surface area contributed by atoms with Crippen LogP contribution in [0.25, 0.3) is 11.0 Å². The highest BCUT2D eigenvalue weighted by Gasteiger charge is 2.38. The summed E-state index contributed by atoms with van der Waals surface area (Å²) in [5.74, 6) is 0.303. The Morgan fingerprint density at radius 1 is 1.00 bits per heavy atom. The standard InChI is InChI=1S/C30H28N6O4S/c1-18-26(16-41-30-32-17-33-36-30)39-29(40-27(18)20-11-9-19(15-37)10-12-20)21-5-4-6-22(13-21)34-28(38)25-14-31-23-7-2-3-8-24(23)35-25/h2-14,17-18,26-27,29,37H,15-16H2,1H3,(H,34,38)(H,32,33,36)/t18-,26+,27+,29+/m1/s1. The van der Waals surface area contributed by atoms with Crippen LogP contribution in [-0.4, -0.2) is 48.0 Å². The molecule has 1 amide bonds. The minimum absolute atomic E-state index is 0.0210. The van der Waals surface area contributed by atoms with Crippen LogP contribution in [0, 0.1) is 5.92 Å². The average molecular weight is 569 g/mol. The Labute approximate surface area is 240 Å². The van der Waals surface area contributed by atoms with Crippen molar-refractivity contribution in [2.45, 2.75) is 37.2 Å². The minimum atomic E-state index is -0.675. The molecule has 2 aromatic heterocycles. The molecular formula is C30H28N6O4S. The first-order valence-corrected chi connectivity index (χ1v) is 14.2. The summed E-state index contributed by atoms with van der Waals surface area (Å²) in [6, 6.07) is 22.6. The number of fused-ring (bicyclic) bond motifs is 1. The van der Waals surface area contributed by atoms with Gasteiger partial charge in [0.25, 0.3) is 5.91 Å².